The van der Waals surface area contributed by atoms with Gasteiger partial charge >= 0.3 is 11.9 Å². The molecule has 2 N–H and O–H groups in total. The van der Waals surface area contributed by atoms with Crippen LogP contribution in [0.15, 0.2) is 12.7 Å². The quantitative estimate of drug-likeness (QED) is 0.482. The third kappa shape index (κ3) is 5.00. The number of hydrogen-bond donors (Lipinski definition) is 2. The molecule has 19 heavy (non-hydrogen) atoms. The molecule has 110 valence electrons. The first kappa shape index (κ1) is 17.6. The summed E-state index contributed by atoms with van der Waals surface area (Å²) in [7, 11) is 2.52. The summed E-state index contributed by atoms with van der Waals surface area (Å²) in [6, 6.07) is -0.599. The monoisotopic (exact) mass is 273 g/mol. The number of carbonyl (C=O) groups is 2. The summed E-state index contributed by atoms with van der Waals surface area (Å²) in [6.07, 6.45) is 0.648. The molecular weight excluding hydrogens is 250 g/mol. The summed E-state index contributed by atoms with van der Waals surface area (Å²) < 4.78 is 9.36. The van der Waals surface area contributed by atoms with Crippen LogP contribution in [0.5, 0.6) is 0 Å². The molecule has 4 atom stereocenters. The number of esters is 2. The molecule has 0 aliphatic rings. The van der Waals surface area contributed by atoms with E-state index in [9.17, 15) is 14.7 Å². The van der Waals surface area contributed by atoms with Crippen molar-refractivity contribution in [1.29, 1.82) is 0 Å². The van der Waals surface area contributed by atoms with E-state index in [-0.39, 0.29) is 0 Å². The second-order valence-electron chi connectivity index (χ2n) is 4.32. The molecule has 4 unspecified atom stereocenters. The van der Waals surface area contributed by atoms with E-state index in [0.717, 1.165) is 0 Å². The summed E-state index contributed by atoms with van der Waals surface area (Å²) >= 11 is 0. The fraction of sp³-hybridized carbons (Fsp3) is 0.692. The van der Waals surface area contributed by atoms with Crippen molar-refractivity contribution in [3.05, 3.63) is 12.7 Å². The van der Waals surface area contributed by atoms with Crippen molar-refractivity contribution in [3.8, 4) is 0 Å². The summed E-state index contributed by atoms with van der Waals surface area (Å²) in [5.41, 5.74) is 0. The SMILES string of the molecule is C=CCNC(C(C)C(=O)OC)C(C(=O)OC)C(C)O. The summed E-state index contributed by atoms with van der Waals surface area (Å²) in [6.45, 7) is 7.07. The standard InChI is InChI=1S/C13H23NO5/c1-6-7-14-11(8(2)12(16)18-4)10(9(3)15)13(17)19-5/h6,8-11,14-15H,1,7H2,2-5H3. The van der Waals surface area contributed by atoms with Gasteiger partial charge in [0.1, 0.15) is 0 Å². The van der Waals surface area contributed by atoms with Crippen molar-refractivity contribution in [2.24, 2.45) is 11.8 Å². The van der Waals surface area contributed by atoms with Crippen LogP contribution in [-0.4, -0.2) is 50.0 Å². The number of nitrogens with one attached hydrogen (secondary N) is 1. The number of hydrogen-bond acceptors (Lipinski definition) is 6. The normalized spacial score (nSPS) is 16.9. The van der Waals surface area contributed by atoms with E-state index in [4.69, 9.17) is 0 Å². The fourth-order valence-corrected chi connectivity index (χ4v) is 1.95. The Morgan fingerprint density at radius 1 is 1.26 bits per heavy atom. The maximum Gasteiger partial charge on any atom is 0.312 e. The molecule has 0 aromatic heterocycles. The summed E-state index contributed by atoms with van der Waals surface area (Å²) in [5.74, 6) is -2.51. The van der Waals surface area contributed by atoms with Crippen molar-refractivity contribution >= 4 is 11.9 Å². The van der Waals surface area contributed by atoms with E-state index in [1.54, 1.807) is 13.0 Å². The van der Waals surface area contributed by atoms with Crippen LogP contribution in [0, 0.1) is 11.8 Å². The van der Waals surface area contributed by atoms with E-state index in [1.807, 2.05) is 0 Å². The van der Waals surface area contributed by atoms with E-state index in [2.05, 4.69) is 21.4 Å². The van der Waals surface area contributed by atoms with Crippen molar-refractivity contribution in [2.75, 3.05) is 20.8 Å². The van der Waals surface area contributed by atoms with Gasteiger partial charge in [0.25, 0.3) is 0 Å². The fourth-order valence-electron chi connectivity index (χ4n) is 1.95. The van der Waals surface area contributed by atoms with Gasteiger partial charge in [-0.1, -0.05) is 13.0 Å². The lowest BCUT2D eigenvalue weighted by molar-refractivity contribution is -0.154. The molecule has 0 aromatic carbocycles. The van der Waals surface area contributed by atoms with Crippen LogP contribution in [0.1, 0.15) is 13.8 Å². The van der Waals surface area contributed by atoms with Gasteiger partial charge < -0.3 is 19.9 Å². The second-order valence-corrected chi connectivity index (χ2v) is 4.32. The van der Waals surface area contributed by atoms with Crippen LogP contribution in [0.3, 0.4) is 0 Å². The van der Waals surface area contributed by atoms with Gasteiger partial charge in [0, 0.05) is 12.6 Å². The van der Waals surface area contributed by atoms with E-state index in [1.165, 1.54) is 21.1 Å². The Morgan fingerprint density at radius 3 is 2.16 bits per heavy atom. The van der Waals surface area contributed by atoms with Gasteiger partial charge in [-0.05, 0) is 6.92 Å². The smallest absolute Gasteiger partial charge is 0.312 e. The molecular formula is C13H23NO5. The van der Waals surface area contributed by atoms with Gasteiger partial charge in [-0.25, -0.2) is 0 Å². The molecule has 0 saturated carbocycles. The lowest BCUT2D eigenvalue weighted by Crippen LogP contribution is -2.51. The highest BCUT2D eigenvalue weighted by Crippen LogP contribution is 2.20. The Hall–Kier alpha value is -1.40. The molecule has 0 aliphatic heterocycles. The average Bonchev–Trinajstić information content (AvgIpc) is 2.40. The molecule has 6 nitrogen and oxygen atoms in total. The molecule has 0 bridgehead atoms. The molecule has 0 aromatic rings. The second kappa shape index (κ2) is 8.66. The first-order chi connectivity index (χ1) is 8.90. The van der Waals surface area contributed by atoms with Crippen molar-refractivity contribution in [1.82, 2.24) is 5.32 Å². The van der Waals surface area contributed by atoms with Crippen molar-refractivity contribution < 1.29 is 24.2 Å². The van der Waals surface area contributed by atoms with E-state index in [0.29, 0.717) is 6.54 Å². The zero-order valence-corrected chi connectivity index (χ0v) is 11.9. The van der Waals surface area contributed by atoms with Crippen LogP contribution in [0.4, 0.5) is 0 Å². The zero-order chi connectivity index (χ0) is 15.0. The highest BCUT2D eigenvalue weighted by molar-refractivity contribution is 5.77. The highest BCUT2D eigenvalue weighted by atomic mass is 16.5. The van der Waals surface area contributed by atoms with Crippen molar-refractivity contribution in [2.45, 2.75) is 26.0 Å². The lowest BCUT2D eigenvalue weighted by Gasteiger charge is -2.31. The van der Waals surface area contributed by atoms with E-state index < -0.39 is 35.9 Å². The Kier molecular flexibility index (Phi) is 8.02. The van der Waals surface area contributed by atoms with Gasteiger partial charge in [0.15, 0.2) is 0 Å². The minimum Gasteiger partial charge on any atom is -0.469 e. The molecule has 0 spiro atoms. The largest absolute Gasteiger partial charge is 0.469 e. The van der Waals surface area contributed by atoms with Gasteiger partial charge in [0.2, 0.25) is 0 Å². The van der Waals surface area contributed by atoms with Crippen LogP contribution < -0.4 is 5.32 Å². The molecule has 0 fully saturated rings. The third-order valence-corrected chi connectivity index (χ3v) is 2.99. The number of aliphatic hydroxyl groups excluding tert-OH is 1. The average molecular weight is 273 g/mol. The Morgan fingerprint density at radius 2 is 1.79 bits per heavy atom. The minimum absolute atomic E-state index is 0.395. The van der Waals surface area contributed by atoms with Gasteiger partial charge in [-0.15, -0.1) is 6.58 Å². The number of ether oxygens (including phenoxy) is 2. The van der Waals surface area contributed by atoms with Crippen molar-refractivity contribution in [3.63, 3.8) is 0 Å². The van der Waals surface area contributed by atoms with Gasteiger partial charge in [-0.3, -0.25) is 9.59 Å². The summed E-state index contributed by atoms with van der Waals surface area (Å²) in [5, 5.41) is 12.8. The first-order valence-corrected chi connectivity index (χ1v) is 6.08. The van der Waals surface area contributed by atoms with Crippen LogP contribution in [-0.2, 0) is 19.1 Å². The zero-order valence-electron chi connectivity index (χ0n) is 11.9. The number of methoxy groups -OCH3 is 2. The molecule has 0 rings (SSSR count). The molecule has 0 heterocycles. The third-order valence-electron chi connectivity index (χ3n) is 2.99. The topological polar surface area (TPSA) is 84.9 Å². The van der Waals surface area contributed by atoms with Gasteiger partial charge in [-0.2, -0.15) is 0 Å². The van der Waals surface area contributed by atoms with E-state index >= 15 is 0 Å². The molecule has 0 amide bonds. The number of carbonyl (C=O) groups excluding carboxylic acids is 2. The highest BCUT2D eigenvalue weighted by Gasteiger charge is 2.39. The maximum absolute atomic E-state index is 11.8. The maximum atomic E-state index is 11.8. The molecule has 6 heteroatoms. The number of aliphatic hydroxyl groups is 1. The first-order valence-electron chi connectivity index (χ1n) is 6.08. The predicted molar refractivity (Wildman–Crippen MR) is 70.4 cm³/mol. The van der Waals surface area contributed by atoms with Crippen LogP contribution in [0.25, 0.3) is 0 Å². The molecule has 0 radical (unpaired) electrons. The minimum atomic E-state index is -0.957. The Labute approximate surface area is 113 Å². The molecule has 0 aliphatic carbocycles. The van der Waals surface area contributed by atoms with Crippen LogP contribution in [0.2, 0.25) is 0 Å². The number of rotatable bonds is 8. The molecule has 0 saturated heterocycles. The lowest BCUT2D eigenvalue weighted by atomic mass is 9.85. The summed E-state index contributed by atoms with van der Waals surface area (Å²) in [4.78, 5) is 23.4. The predicted octanol–water partition coefficient (Wildman–Crippen LogP) is 0.110. The Bertz CT molecular complexity index is 316. The van der Waals surface area contributed by atoms with Gasteiger partial charge in [0.05, 0.1) is 32.2 Å². The Balaban J connectivity index is 5.21. The van der Waals surface area contributed by atoms with Crippen LogP contribution >= 0.6 is 0 Å².